The summed E-state index contributed by atoms with van der Waals surface area (Å²) in [6.07, 6.45) is 1.52. The lowest BCUT2D eigenvalue weighted by molar-refractivity contribution is -0.158. The van der Waals surface area contributed by atoms with Crippen molar-refractivity contribution in [1.29, 1.82) is 0 Å². The van der Waals surface area contributed by atoms with E-state index in [2.05, 4.69) is 26.1 Å². The van der Waals surface area contributed by atoms with Gasteiger partial charge in [-0.15, -0.1) is 0 Å². The largest absolute Gasteiger partial charge is 0.357 e. The summed E-state index contributed by atoms with van der Waals surface area (Å²) in [5, 5.41) is 3.47. The molecule has 1 N–H and O–H groups in total. The van der Waals surface area contributed by atoms with Crippen LogP contribution in [0, 0.1) is 0 Å². The molecule has 0 amide bonds. The first kappa shape index (κ1) is 21.3. The third kappa shape index (κ3) is 5.17. The predicted octanol–water partition coefficient (Wildman–Crippen LogP) is 3.67. The molecule has 0 heterocycles. The van der Waals surface area contributed by atoms with Crippen molar-refractivity contribution in [3.8, 4) is 0 Å². The lowest BCUT2D eigenvalue weighted by Crippen LogP contribution is -2.60. The van der Waals surface area contributed by atoms with Gasteiger partial charge in [-0.3, -0.25) is 9.59 Å². The van der Waals surface area contributed by atoms with Crippen LogP contribution < -0.4 is 5.32 Å². The van der Waals surface area contributed by atoms with E-state index in [4.69, 9.17) is 4.74 Å². The normalized spacial score (nSPS) is 19.1. The molecule has 0 saturated carbocycles. The van der Waals surface area contributed by atoms with Crippen LogP contribution in [-0.4, -0.2) is 34.3 Å². The molecule has 3 unspecified atom stereocenters. The van der Waals surface area contributed by atoms with Gasteiger partial charge in [-0.25, -0.2) is 0 Å². The molecule has 3 atom stereocenters. The Morgan fingerprint density at radius 2 is 1.50 bits per heavy atom. The maximum absolute atomic E-state index is 12.9. The van der Waals surface area contributed by atoms with Crippen LogP contribution in [0.25, 0.3) is 0 Å². The van der Waals surface area contributed by atoms with Gasteiger partial charge in [0.25, 0.3) is 0 Å². The highest BCUT2D eigenvalue weighted by Crippen LogP contribution is 2.25. The van der Waals surface area contributed by atoms with Crippen molar-refractivity contribution < 1.29 is 14.3 Å². The fourth-order valence-corrected chi connectivity index (χ4v) is 2.47. The molecule has 130 valence electrons. The Morgan fingerprint density at radius 3 is 1.82 bits per heavy atom. The van der Waals surface area contributed by atoms with Crippen LogP contribution in [-0.2, 0) is 14.3 Å². The van der Waals surface area contributed by atoms with E-state index in [9.17, 15) is 9.59 Å². The SMILES string of the molecule is CCC(C)(C)NC(C)(CC)C(=O)C(C)OC(C)(CC)C(C)=O. The number of hydrogen-bond donors (Lipinski definition) is 1. The molecule has 0 radical (unpaired) electrons. The highest BCUT2D eigenvalue weighted by Gasteiger charge is 2.41. The van der Waals surface area contributed by atoms with Gasteiger partial charge in [0, 0.05) is 5.54 Å². The van der Waals surface area contributed by atoms with Gasteiger partial charge in [-0.2, -0.15) is 0 Å². The van der Waals surface area contributed by atoms with Crippen molar-refractivity contribution in [2.75, 3.05) is 0 Å². The Labute approximate surface area is 136 Å². The van der Waals surface area contributed by atoms with Gasteiger partial charge in [0.2, 0.25) is 0 Å². The molecule has 4 heteroatoms. The van der Waals surface area contributed by atoms with Crippen LogP contribution in [0.15, 0.2) is 0 Å². The second-order valence-corrected chi connectivity index (χ2v) is 7.31. The Bertz CT molecular complexity index is 405. The Morgan fingerprint density at radius 1 is 1.00 bits per heavy atom. The number of hydrogen-bond acceptors (Lipinski definition) is 4. The number of carbonyl (C=O) groups is 2. The summed E-state index contributed by atoms with van der Waals surface area (Å²) in [5.74, 6) is -0.0489. The summed E-state index contributed by atoms with van der Waals surface area (Å²) in [6, 6.07) is 0. The molecule has 0 aliphatic heterocycles. The monoisotopic (exact) mass is 313 g/mol. The lowest BCUT2D eigenvalue weighted by atomic mass is 9.85. The number of carbonyl (C=O) groups excluding carboxylic acids is 2. The summed E-state index contributed by atoms with van der Waals surface area (Å²) < 4.78 is 5.87. The molecule has 0 aliphatic carbocycles. The number of Topliss-reactive ketones (excluding diaryl/α,β-unsaturated/α-hetero) is 2. The third-order valence-corrected chi connectivity index (χ3v) is 4.97. The maximum Gasteiger partial charge on any atom is 0.180 e. The van der Waals surface area contributed by atoms with Gasteiger partial charge >= 0.3 is 0 Å². The highest BCUT2D eigenvalue weighted by atomic mass is 16.5. The number of ether oxygens (including phenoxy) is 1. The second-order valence-electron chi connectivity index (χ2n) is 7.31. The van der Waals surface area contributed by atoms with Crippen molar-refractivity contribution in [2.24, 2.45) is 0 Å². The Balaban J connectivity index is 5.23. The molecule has 0 aromatic heterocycles. The molecular formula is C18H35NO3. The van der Waals surface area contributed by atoms with Crippen LogP contribution in [0.2, 0.25) is 0 Å². The minimum atomic E-state index is -0.899. The minimum Gasteiger partial charge on any atom is -0.357 e. The summed E-state index contributed by atoms with van der Waals surface area (Å²) in [4.78, 5) is 24.7. The van der Waals surface area contributed by atoms with Crippen LogP contribution in [0.5, 0.6) is 0 Å². The molecule has 0 aromatic carbocycles. The molecular weight excluding hydrogens is 278 g/mol. The summed E-state index contributed by atoms with van der Waals surface area (Å²) >= 11 is 0. The molecule has 0 fully saturated rings. The second kappa shape index (κ2) is 7.69. The van der Waals surface area contributed by atoms with Crippen LogP contribution >= 0.6 is 0 Å². The average molecular weight is 313 g/mol. The van der Waals surface area contributed by atoms with Crippen molar-refractivity contribution in [2.45, 2.75) is 104 Å². The molecule has 0 rings (SSSR count). The van der Waals surface area contributed by atoms with Crippen LogP contribution in [0.4, 0.5) is 0 Å². The molecule has 0 aromatic rings. The standard InChI is InChI=1S/C18H35NO3/c1-10-16(6,7)19-17(8,11-2)15(21)13(4)22-18(9,12-3)14(5)20/h13,19H,10-12H2,1-9H3. The molecule has 0 aliphatic rings. The number of nitrogens with one attached hydrogen (secondary N) is 1. The summed E-state index contributed by atoms with van der Waals surface area (Å²) in [5.41, 5.74) is -1.69. The highest BCUT2D eigenvalue weighted by molar-refractivity contribution is 5.92. The third-order valence-electron chi connectivity index (χ3n) is 4.97. The molecule has 22 heavy (non-hydrogen) atoms. The van der Waals surface area contributed by atoms with Crippen molar-refractivity contribution in [1.82, 2.24) is 5.32 Å². The fourth-order valence-electron chi connectivity index (χ4n) is 2.47. The zero-order valence-electron chi connectivity index (χ0n) is 15.9. The number of ketones is 2. The number of rotatable bonds is 10. The molecule has 4 nitrogen and oxygen atoms in total. The minimum absolute atomic E-state index is 0.00236. The summed E-state index contributed by atoms with van der Waals surface area (Å²) in [7, 11) is 0. The van der Waals surface area contributed by atoms with Gasteiger partial charge in [0.1, 0.15) is 11.7 Å². The molecule has 0 spiro atoms. The van der Waals surface area contributed by atoms with E-state index in [1.165, 1.54) is 6.92 Å². The van der Waals surface area contributed by atoms with E-state index < -0.39 is 17.2 Å². The Hall–Kier alpha value is -0.740. The van der Waals surface area contributed by atoms with Gasteiger partial charge in [-0.05, 0) is 60.8 Å². The van der Waals surface area contributed by atoms with E-state index in [0.29, 0.717) is 12.8 Å². The first-order valence-corrected chi connectivity index (χ1v) is 8.40. The van der Waals surface area contributed by atoms with Gasteiger partial charge < -0.3 is 10.1 Å². The zero-order valence-corrected chi connectivity index (χ0v) is 15.9. The van der Waals surface area contributed by atoms with Crippen LogP contribution in [0.1, 0.15) is 81.6 Å². The first-order chi connectivity index (χ1) is 9.87. The predicted molar refractivity (Wildman–Crippen MR) is 91.1 cm³/mol. The average Bonchev–Trinajstić information content (AvgIpc) is 2.45. The van der Waals surface area contributed by atoms with E-state index in [1.807, 2.05) is 20.8 Å². The van der Waals surface area contributed by atoms with Gasteiger partial charge in [0.05, 0.1) is 5.54 Å². The van der Waals surface area contributed by atoms with Gasteiger partial charge in [0.15, 0.2) is 11.6 Å². The maximum atomic E-state index is 12.9. The van der Waals surface area contributed by atoms with E-state index in [-0.39, 0.29) is 17.1 Å². The lowest BCUT2D eigenvalue weighted by Gasteiger charge is -2.40. The first-order valence-electron chi connectivity index (χ1n) is 8.40. The smallest absolute Gasteiger partial charge is 0.180 e. The van der Waals surface area contributed by atoms with Crippen molar-refractivity contribution in [3.63, 3.8) is 0 Å². The summed E-state index contributed by atoms with van der Waals surface area (Å²) in [6.45, 7) is 17.1. The molecule has 0 saturated heterocycles. The molecule has 0 bridgehead atoms. The van der Waals surface area contributed by atoms with E-state index in [1.54, 1.807) is 13.8 Å². The van der Waals surface area contributed by atoms with Gasteiger partial charge in [-0.1, -0.05) is 20.8 Å². The fraction of sp³-hybridized carbons (Fsp3) is 0.889. The van der Waals surface area contributed by atoms with Crippen molar-refractivity contribution in [3.05, 3.63) is 0 Å². The van der Waals surface area contributed by atoms with Crippen molar-refractivity contribution >= 4 is 11.6 Å². The van der Waals surface area contributed by atoms with E-state index in [0.717, 1.165) is 6.42 Å². The topological polar surface area (TPSA) is 55.4 Å². The Kier molecular flexibility index (Phi) is 7.43. The zero-order chi connectivity index (χ0) is 17.8. The quantitative estimate of drug-likeness (QED) is 0.668. The van der Waals surface area contributed by atoms with Crippen LogP contribution in [0.3, 0.4) is 0 Å². The van der Waals surface area contributed by atoms with E-state index >= 15 is 0 Å².